The van der Waals surface area contributed by atoms with Crippen molar-refractivity contribution in [3.63, 3.8) is 0 Å². The fraction of sp³-hybridized carbons (Fsp3) is 0.333. The molecule has 0 unspecified atom stereocenters. The number of nitrogens with zero attached hydrogens (tertiary/aromatic N) is 3. The molecule has 0 radical (unpaired) electrons. The number of nitrogens with two attached hydrogens (primary N) is 1. The Morgan fingerprint density at radius 1 is 1.06 bits per heavy atom. The second-order valence-electron chi connectivity index (χ2n) is 9.34. The van der Waals surface area contributed by atoms with Crippen LogP contribution >= 0.6 is 11.3 Å². The Morgan fingerprint density at radius 2 is 1.83 bits per heavy atom. The number of anilines is 1. The number of aliphatic hydroxyl groups is 1. The van der Waals surface area contributed by atoms with Crippen LogP contribution in [0, 0.1) is 18.2 Å². The summed E-state index contributed by atoms with van der Waals surface area (Å²) in [4.78, 5) is 21.2. The van der Waals surface area contributed by atoms with Gasteiger partial charge in [-0.25, -0.2) is 13.6 Å². The fourth-order valence-corrected chi connectivity index (χ4v) is 6.05. The molecule has 2 aliphatic heterocycles. The van der Waals surface area contributed by atoms with Crippen molar-refractivity contribution in [2.24, 2.45) is 5.73 Å². The lowest BCUT2D eigenvalue weighted by atomic mass is 10.0. The standard InChI is InChI=1S/C27H26F2N4O2S/c1-31-23-6-4-16(11-21(23)28)20-13-25(27(35)33-9-2-3-18(30)14-33)36-26(20)17-5-7-24(22(29)12-17)32-10-8-19(34)15-32/h4-7,11-13,18-19,34H,2-3,8-10,14-15,30H2/t18-,19+/m1/s1. The average molecular weight is 509 g/mol. The van der Waals surface area contributed by atoms with E-state index in [1.165, 1.54) is 29.5 Å². The average Bonchev–Trinajstić information content (AvgIpc) is 3.50. The van der Waals surface area contributed by atoms with Crippen LogP contribution in [0.5, 0.6) is 0 Å². The molecule has 9 heteroatoms. The second kappa shape index (κ2) is 9.97. The lowest BCUT2D eigenvalue weighted by Gasteiger charge is -2.30. The molecule has 1 amide bonds. The Hall–Kier alpha value is -3.32. The fourth-order valence-electron chi connectivity index (χ4n) is 4.91. The largest absolute Gasteiger partial charge is 0.391 e. The molecule has 186 valence electrons. The van der Waals surface area contributed by atoms with Gasteiger partial charge in [-0.15, -0.1) is 11.3 Å². The molecule has 2 aromatic carbocycles. The van der Waals surface area contributed by atoms with E-state index < -0.39 is 17.7 Å². The molecule has 0 saturated carbocycles. The normalized spacial score (nSPS) is 20.0. The number of thiophene rings is 1. The predicted molar refractivity (Wildman–Crippen MR) is 137 cm³/mol. The highest BCUT2D eigenvalue weighted by Crippen LogP contribution is 2.42. The van der Waals surface area contributed by atoms with Crippen molar-refractivity contribution >= 4 is 28.6 Å². The molecule has 2 atom stereocenters. The van der Waals surface area contributed by atoms with Crippen LogP contribution in [0.3, 0.4) is 0 Å². The molecular formula is C27H26F2N4O2S. The molecule has 2 fully saturated rings. The van der Waals surface area contributed by atoms with E-state index in [4.69, 9.17) is 12.3 Å². The first-order chi connectivity index (χ1) is 17.3. The number of carbonyl (C=O) groups excluding carboxylic acids is 1. The number of hydrogen-bond acceptors (Lipinski definition) is 5. The summed E-state index contributed by atoms with van der Waals surface area (Å²) in [5.74, 6) is -1.22. The van der Waals surface area contributed by atoms with Crippen LogP contribution in [0.25, 0.3) is 26.4 Å². The highest BCUT2D eigenvalue weighted by Gasteiger charge is 2.27. The van der Waals surface area contributed by atoms with E-state index >= 15 is 4.39 Å². The summed E-state index contributed by atoms with van der Waals surface area (Å²) in [6.07, 6.45) is 1.82. The first-order valence-corrected chi connectivity index (χ1v) is 12.7. The third-order valence-corrected chi connectivity index (χ3v) is 7.95. The van der Waals surface area contributed by atoms with E-state index in [1.54, 1.807) is 29.2 Å². The van der Waals surface area contributed by atoms with E-state index in [2.05, 4.69) is 4.85 Å². The molecule has 5 rings (SSSR count). The third kappa shape index (κ3) is 4.72. The van der Waals surface area contributed by atoms with E-state index in [0.717, 1.165) is 12.8 Å². The summed E-state index contributed by atoms with van der Waals surface area (Å²) in [5.41, 5.74) is 8.08. The van der Waals surface area contributed by atoms with Crippen LogP contribution in [0.15, 0.2) is 42.5 Å². The van der Waals surface area contributed by atoms with Crippen LogP contribution in [0.2, 0.25) is 0 Å². The minimum absolute atomic E-state index is 0.0670. The van der Waals surface area contributed by atoms with Crippen LogP contribution in [-0.4, -0.2) is 54.2 Å². The van der Waals surface area contributed by atoms with E-state index in [0.29, 0.717) is 64.7 Å². The summed E-state index contributed by atoms with van der Waals surface area (Å²) < 4.78 is 29.7. The number of benzene rings is 2. The SMILES string of the molecule is [C-]#[N+]c1ccc(-c2cc(C(=O)N3CCC[C@@H](N)C3)sc2-c2ccc(N3CC[C@H](O)C3)c(F)c2)cc1F. The monoisotopic (exact) mass is 508 g/mol. The van der Waals surface area contributed by atoms with Gasteiger partial charge >= 0.3 is 0 Å². The van der Waals surface area contributed by atoms with E-state index in [1.807, 2.05) is 4.90 Å². The van der Waals surface area contributed by atoms with Crippen molar-refractivity contribution in [1.29, 1.82) is 0 Å². The van der Waals surface area contributed by atoms with Gasteiger partial charge in [0.25, 0.3) is 5.91 Å². The van der Waals surface area contributed by atoms with Crippen LogP contribution in [0.4, 0.5) is 20.2 Å². The van der Waals surface area contributed by atoms with Crippen molar-refractivity contribution in [3.05, 3.63) is 70.4 Å². The molecule has 6 nitrogen and oxygen atoms in total. The van der Waals surface area contributed by atoms with Gasteiger partial charge in [0.1, 0.15) is 11.6 Å². The van der Waals surface area contributed by atoms with Crippen molar-refractivity contribution in [2.75, 3.05) is 31.1 Å². The molecule has 2 aliphatic rings. The smallest absolute Gasteiger partial charge is 0.264 e. The lowest BCUT2D eigenvalue weighted by Crippen LogP contribution is -2.45. The number of halogens is 2. The topological polar surface area (TPSA) is 74.2 Å². The molecule has 0 spiro atoms. The summed E-state index contributed by atoms with van der Waals surface area (Å²) in [6, 6.07) is 10.9. The van der Waals surface area contributed by atoms with Gasteiger partial charge in [0, 0.05) is 42.7 Å². The Morgan fingerprint density at radius 3 is 2.50 bits per heavy atom. The number of amides is 1. The molecule has 2 saturated heterocycles. The highest BCUT2D eigenvalue weighted by atomic mass is 32.1. The maximum atomic E-state index is 15.2. The molecular weight excluding hydrogens is 482 g/mol. The zero-order chi connectivity index (χ0) is 25.4. The second-order valence-corrected chi connectivity index (χ2v) is 10.4. The minimum Gasteiger partial charge on any atom is -0.391 e. The molecule has 36 heavy (non-hydrogen) atoms. The van der Waals surface area contributed by atoms with Crippen molar-refractivity contribution in [3.8, 4) is 21.6 Å². The first kappa shape index (κ1) is 24.4. The summed E-state index contributed by atoms with van der Waals surface area (Å²) in [6.45, 7) is 9.16. The Kier molecular flexibility index (Phi) is 6.75. The first-order valence-electron chi connectivity index (χ1n) is 11.9. The number of likely N-dealkylation sites (tertiary alicyclic amines) is 1. The number of β-amino-alcohol motifs (C(OH)–C–C–N with tert-alkyl or cyclic N) is 1. The van der Waals surface area contributed by atoms with Gasteiger partial charge in [-0.1, -0.05) is 18.2 Å². The van der Waals surface area contributed by atoms with Crippen LogP contribution in [-0.2, 0) is 0 Å². The Balaban J connectivity index is 1.56. The quantitative estimate of drug-likeness (QED) is 0.484. The number of aliphatic hydroxyl groups excluding tert-OH is 1. The lowest BCUT2D eigenvalue weighted by molar-refractivity contribution is 0.0713. The van der Waals surface area contributed by atoms with Crippen molar-refractivity contribution in [2.45, 2.75) is 31.4 Å². The molecule has 0 aliphatic carbocycles. The number of carbonyl (C=O) groups is 1. The van der Waals surface area contributed by atoms with Gasteiger partial charge in [0.2, 0.25) is 5.69 Å². The van der Waals surface area contributed by atoms with Gasteiger partial charge in [0.05, 0.1) is 23.2 Å². The molecule has 0 bridgehead atoms. The van der Waals surface area contributed by atoms with Crippen molar-refractivity contribution in [1.82, 2.24) is 4.90 Å². The van der Waals surface area contributed by atoms with Gasteiger partial charge in [0.15, 0.2) is 0 Å². The predicted octanol–water partition coefficient (Wildman–Crippen LogP) is 5.05. The van der Waals surface area contributed by atoms with E-state index in [-0.39, 0.29) is 17.6 Å². The number of hydrogen-bond donors (Lipinski definition) is 2. The zero-order valence-corrected chi connectivity index (χ0v) is 20.4. The molecule has 3 aromatic rings. The summed E-state index contributed by atoms with van der Waals surface area (Å²) in [7, 11) is 0. The van der Waals surface area contributed by atoms with Gasteiger partial charge in [-0.05, 0) is 54.7 Å². The summed E-state index contributed by atoms with van der Waals surface area (Å²) >= 11 is 1.24. The number of rotatable bonds is 4. The molecule has 3 heterocycles. The maximum Gasteiger partial charge on any atom is 0.264 e. The Labute approximate surface area is 212 Å². The third-order valence-electron chi connectivity index (χ3n) is 6.78. The Bertz CT molecular complexity index is 1350. The molecule has 1 aromatic heterocycles. The maximum absolute atomic E-state index is 15.2. The van der Waals surface area contributed by atoms with Crippen molar-refractivity contribution < 1.29 is 18.7 Å². The molecule has 3 N–H and O–H groups in total. The zero-order valence-electron chi connectivity index (χ0n) is 19.6. The van der Waals surface area contributed by atoms with Gasteiger partial charge in [-0.2, -0.15) is 0 Å². The number of piperidine rings is 1. The van der Waals surface area contributed by atoms with Gasteiger partial charge < -0.3 is 20.6 Å². The summed E-state index contributed by atoms with van der Waals surface area (Å²) in [5, 5.41) is 9.83. The van der Waals surface area contributed by atoms with Gasteiger partial charge in [-0.3, -0.25) is 4.79 Å². The minimum atomic E-state index is -0.649. The van der Waals surface area contributed by atoms with E-state index in [9.17, 15) is 14.3 Å². The highest BCUT2D eigenvalue weighted by molar-refractivity contribution is 7.18. The van der Waals surface area contributed by atoms with Crippen LogP contribution in [0.1, 0.15) is 28.9 Å². The van der Waals surface area contributed by atoms with Crippen LogP contribution < -0.4 is 10.6 Å².